The number of nitrogens with zero attached hydrogens (tertiary/aromatic N) is 2. The summed E-state index contributed by atoms with van der Waals surface area (Å²) in [6, 6.07) is 10.2. The summed E-state index contributed by atoms with van der Waals surface area (Å²) in [5.41, 5.74) is 3.14. The van der Waals surface area contributed by atoms with Crippen molar-refractivity contribution in [2.75, 3.05) is 0 Å². The summed E-state index contributed by atoms with van der Waals surface area (Å²) in [7, 11) is -3.68. The summed E-state index contributed by atoms with van der Waals surface area (Å²) >= 11 is 0. The van der Waals surface area contributed by atoms with Gasteiger partial charge in [-0.2, -0.15) is 5.26 Å². The predicted octanol–water partition coefficient (Wildman–Crippen LogP) is 1.61. The van der Waals surface area contributed by atoms with Crippen molar-refractivity contribution in [3.05, 3.63) is 47.3 Å². The van der Waals surface area contributed by atoms with E-state index in [0.29, 0.717) is 5.56 Å². The summed E-state index contributed by atoms with van der Waals surface area (Å²) in [6.45, 7) is 3.74. The molecule has 0 spiro atoms. The minimum Gasteiger partial charge on any atom is -0.317 e. The monoisotopic (exact) mass is 275 g/mol. The van der Waals surface area contributed by atoms with Crippen LogP contribution in [0.25, 0.3) is 5.69 Å². The molecule has 0 saturated carbocycles. The Hall–Kier alpha value is -2.10. The standard InChI is InChI=1S/C13H13N3O2S/c1-9-7-11(8-14)10(2)16(9)12-3-5-13(6-4-12)19(15,17)18/h3-7H,1-2H3,(H2,15,17,18). The summed E-state index contributed by atoms with van der Waals surface area (Å²) in [4.78, 5) is 0.0687. The Kier molecular flexibility index (Phi) is 3.18. The molecule has 0 radical (unpaired) electrons. The molecule has 1 heterocycles. The van der Waals surface area contributed by atoms with E-state index in [4.69, 9.17) is 10.4 Å². The van der Waals surface area contributed by atoms with Gasteiger partial charge in [-0.25, -0.2) is 13.6 Å². The number of nitrogens with two attached hydrogens (primary N) is 1. The molecule has 1 aromatic carbocycles. The summed E-state index contributed by atoms with van der Waals surface area (Å²) in [5.74, 6) is 0. The van der Waals surface area contributed by atoms with E-state index in [1.165, 1.54) is 12.1 Å². The van der Waals surface area contributed by atoms with Crippen LogP contribution in [0.3, 0.4) is 0 Å². The highest BCUT2D eigenvalue weighted by Crippen LogP contribution is 2.21. The van der Waals surface area contributed by atoms with Crippen molar-refractivity contribution in [1.29, 1.82) is 5.26 Å². The van der Waals surface area contributed by atoms with Gasteiger partial charge in [0.05, 0.1) is 10.5 Å². The average Bonchev–Trinajstić information content (AvgIpc) is 2.63. The molecule has 98 valence electrons. The van der Waals surface area contributed by atoms with E-state index in [0.717, 1.165) is 17.1 Å². The second-order valence-electron chi connectivity index (χ2n) is 4.27. The molecule has 2 rings (SSSR count). The third-order valence-electron chi connectivity index (χ3n) is 2.98. The van der Waals surface area contributed by atoms with Gasteiger partial charge >= 0.3 is 0 Å². The Morgan fingerprint density at radius 3 is 2.21 bits per heavy atom. The molecular formula is C13H13N3O2S. The molecule has 2 N–H and O–H groups in total. The van der Waals surface area contributed by atoms with Crippen molar-refractivity contribution < 1.29 is 8.42 Å². The molecule has 1 aromatic heterocycles. The van der Waals surface area contributed by atoms with E-state index in [2.05, 4.69) is 6.07 Å². The van der Waals surface area contributed by atoms with Gasteiger partial charge in [0, 0.05) is 17.1 Å². The van der Waals surface area contributed by atoms with Crippen LogP contribution in [-0.4, -0.2) is 13.0 Å². The van der Waals surface area contributed by atoms with Crippen molar-refractivity contribution in [3.63, 3.8) is 0 Å². The molecule has 5 nitrogen and oxygen atoms in total. The molecular weight excluding hydrogens is 262 g/mol. The Morgan fingerprint density at radius 2 is 1.79 bits per heavy atom. The summed E-state index contributed by atoms with van der Waals surface area (Å²) in [5, 5.41) is 14.0. The van der Waals surface area contributed by atoms with E-state index in [-0.39, 0.29) is 4.90 Å². The molecule has 0 amide bonds. The van der Waals surface area contributed by atoms with Crippen molar-refractivity contribution in [1.82, 2.24) is 4.57 Å². The number of sulfonamides is 1. The Morgan fingerprint density at radius 1 is 1.21 bits per heavy atom. The number of benzene rings is 1. The molecule has 19 heavy (non-hydrogen) atoms. The summed E-state index contributed by atoms with van der Waals surface area (Å²) < 4.78 is 24.3. The van der Waals surface area contributed by atoms with Gasteiger partial charge in [0.1, 0.15) is 6.07 Å². The molecule has 6 heteroatoms. The molecule has 0 aliphatic heterocycles. The first-order valence-electron chi connectivity index (χ1n) is 5.57. The average molecular weight is 275 g/mol. The van der Waals surface area contributed by atoms with E-state index in [1.807, 2.05) is 18.4 Å². The first-order valence-corrected chi connectivity index (χ1v) is 7.11. The maximum absolute atomic E-state index is 11.2. The molecule has 0 bridgehead atoms. The van der Waals surface area contributed by atoms with Crippen LogP contribution in [0.5, 0.6) is 0 Å². The second-order valence-corrected chi connectivity index (χ2v) is 5.83. The van der Waals surface area contributed by atoms with Gasteiger partial charge in [0.2, 0.25) is 10.0 Å². The fourth-order valence-corrected chi connectivity index (χ4v) is 2.57. The first kappa shape index (κ1) is 13.3. The minimum atomic E-state index is -3.68. The first-order chi connectivity index (χ1) is 8.84. The van der Waals surface area contributed by atoms with E-state index < -0.39 is 10.0 Å². The molecule has 0 atom stereocenters. The lowest BCUT2D eigenvalue weighted by Gasteiger charge is -2.09. The van der Waals surface area contributed by atoms with Crippen molar-refractivity contribution in [2.45, 2.75) is 18.7 Å². The lowest BCUT2D eigenvalue weighted by atomic mass is 10.2. The zero-order valence-corrected chi connectivity index (χ0v) is 11.4. The maximum Gasteiger partial charge on any atom is 0.238 e. The predicted molar refractivity (Wildman–Crippen MR) is 71.3 cm³/mol. The van der Waals surface area contributed by atoms with Gasteiger partial charge in [-0.3, -0.25) is 0 Å². The number of nitriles is 1. The van der Waals surface area contributed by atoms with Crippen LogP contribution in [0, 0.1) is 25.2 Å². The largest absolute Gasteiger partial charge is 0.317 e. The Balaban J connectivity index is 2.56. The van der Waals surface area contributed by atoms with Crippen LogP contribution in [0.1, 0.15) is 17.0 Å². The van der Waals surface area contributed by atoms with Crippen molar-refractivity contribution >= 4 is 10.0 Å². The number of rotatable bonds is 2. The molecule has 0 aliphatic rings. The van der Waals surface area contributed by atoms with Crippen LogP contribution >= 0.6 is 0 Å². The molecule has 0 fully saturated rings. The number of hydrogen-bond donors (Lipinski definition) is 1. The Labute approximate surface area is 111 Å². The van der Waals surface area contributed by atoms with Gasteiger partial charge in [-0.05, 0) is 44.2 Å². The minimum absolute atomic E-state index is 0.0687. The zero-order valence-electron chi connectivity index (χ0n) is 10.6. The normalized spacial score (nSPS) is 11.3. The van der Waals surface area contributed by atoms with Crippen LogP contribution in [0.4, 0.5) is 0 Å². The fourth-order valence-electron chi connectivity index (χ4n) is 2.06. The van der Waals surface area contributed by atoms with Crippen LogP contribution in [0.2, 0.25) is 0 Å². The molecule has 0 unspecified atom stereocenters. The molecule has 0 saturated heterocycles. The van der Waals surface area contributed by atoms with Gasteiger partial charge in [0.25, 0.3) is 0 Å². The van der Waals surface area contributed by atoms with E-state index in [1.54, 1.807) is 18.2 Å². The third-order valence-corrected chi connectivity index (χ3v) is 3.90. The van der Waals surface area contributed by atoms with E-state index >= 15 is 0 Å². The van der Waals surface area contributed by atoms with Crippen LogP contribution in [0.15, 0.2) is 35.2 Å². The Bertz CT molecular complexity index is 765. The smallest absolute Gasteiger partial charge is 0.238 e. The van der Waals surface area contributed by atoms with Gasteiger partial charge < -0.3 is 4.57 Å². The highest BCUT2D eigenvalue weighted by atomic mass is 32.2. The number of aryl methyl sites for hydroxylation is 1. The van der Waals surface area contributed by atoms with Gasteiger partial charge in [-0.1, -0.05) is 0 Å². The highest BCUT2D eigenvalue weighted by Gasteiger charge is 2.12. The lowest BCUT2D eigenvalue weighted by molar-refractivity contribution is 0.598. The number of hydrogen-bond acceptors (Lipinski definition) is 3. The van der Waals surface area contributed by atoms with Crippen molar-refractivity contribution in [2.24, 2.45) is 5.14 Å². The topological polar surface area (TPSA) is 88.9 Å². The van der Waals surface area contributed by atoms with Crippen LogP contribution < -0.4 is 5.14 Å². The van der Waals surface area contributed by atoms with Gasteiger partial charge in [-0.15, -0.1) is 0 Å². The second kappa shape index (κ2) is 4.53. The van der Waals surface area contributed by atoms with E-state index in [9.17, 15) is 8.42 Å². The SMILES string of the molecule is Cc1cc(C#N)c(C)n1-c1ccc(S(N)(=O)=O)cc1. The maximum atomic E-state index is 11.2. The number of aromatic nitrogens is 1. The van der Waals surface area contributed by atoms with Crippen molar-refractivity contribution in [3.8, 4) is 11.8 Å². The highest BCUT2D eigenvalue weighted by molar-refractivity contribution is 7.89. The lowest BCUT2D eigenvalue weighted by Crippen LogP contribution is -2.12. The molecule has 2 aromatic rings. The zero-order chi connectivity index (χ0) is 14.2. The molecule has 0 aliphatic carbocycles. The quantitative estimate of drug-likeness (QED) is 0.903. The number of primary sulfonamides is 1. The summed E-state index contributed by atoms with van der Waals surface area (Å²) in [6.07, 6.45) is 0. The fraction of sp³-hybridized carbons (Fsp3) is 0.154. The van der Waals surface area contributed by atoms with Crippen LogP contribution in [-0.2, 0) is 10.0 Å². The van der Waals surface area contributed by atoms with Gasteiger partial charge in [0.15, 0.2) is 0 Å². The third kappa shape index (κ3) is 2.38.